The van der Waals surface area contributed by atoms with Gasteiger partial charge >= 0.3 is 5.97 Å². The average Bonchev–Trinajstić information content (AvgIpc) is 3.39. The largest absolute Gasteiger partial charge is 0.465 e. The van der Waals surface area contributed by atoms with E-state index in [1.165, 1.54) is 7.11 Å². The number of rotatable bonds is 6. The van der Waals surface area contributed by atoms with Gasteiger partial charge in [0.15, 0.2) is 5.11 Å². The van der Waals surface area contributed by atoms with Gasteiger partial charge in [-0.05, 0) is 48.6 Å². The number of furan rings is 1. The number of benzene rings is 1. The Bertz CT molecular complexity index is 1050. The molecule has 1 aromatic carbocycles. The van der Waals surface area contributed by atoms with Gasteiger partial charge in [0, 0.05) is 18.3 Å². The van der Waals surface area contributed by atoms with Gasteiger partial charge in [0.05, 0.1) is 31.0 Å². The number of carbonyl (C=O) groups is 1. The van der Waals surface area contributed by atoms with Crippen LogP contribution in [0, 0.1) is 0 Å². The fourth-order valence-corrected chi connectivity index (χ4v) is 3.98. The molecule has 0 radical (unpaired) electrons. The van der Waals surface area contributed by atoms with Crippen molar-refractivity contribution in [3.63, 3.8) is 0 Å². The van der Waals surface area contributed by atoms with E-state index in [9.17, 15) is 9.90 Å². The first-order valence-corrected chi connectivity index (χ1v) is 9.90. The summed E-state index contributed by atoms with van der Waals surface area (Å²) >= 11 is 5.50. The number of pyridine rings is 1. The minimum atomic E-state index is -0.404. The van der Waals surface area contributed by atoms with E-state index in [4.69, 9.17) is 21.4 Å². The Labute approximate surface area is 179 Å². The molecule has 2 atom stereocenters. The molecule has 0 unspecified atom stereocenters. The van der Waals surface area contributed by atoms with Gasteiger partial charge in [0.25, 0.3) is 0 Å². The molecule has 1 saturated heterocycles. The zero-order valence-corrected chi connectivity index (χ0v) is 17.1. The molecule has 8 heteroatoms. The van der Waals surface area contributed by atoms with Crippen molar-refractivity contribution in [2.45, 2.75) is 12.1 Å². The summed E-state index contributed by atoms with van der Waals surface area (Å²) < 4.78 is 11.0. The van der Waals surface area contributed by atoms with Crippen molar-refractivity contribution in [1.29, 1.82) is 0 Å². The zero-order chi connectivity index (χ0) is 21.1. The maximum Gasteiger partial charge on any atom is 0.337 e. The first kappa shape index (κ1) is 20.1. The zero-order valence-electron chi connectivity index (χ0n) is 16.3. The second kappa shape index (κ2) is 8.64. The molecule has 0 aliphatic carbocycles. The van der Waals surface area contributed by atoms with Crippen LogP contribution >= 0.6 is 12.2 Å². The summed E-state index contributed by atoms with van der Waals surface area (Å²) in [4.78, 5) is 18.2. The molecule has 0 spiro atoms. The van der Waals surface area contributed by atoms with E-state index < -0.39 is 5.97 Å². The average molecular weight is 423 g/mol. The maximum atomic E-state index is 11.8. The standard InChI is InChI=1S/C22H21N3O4S/c1-28-21(27)15-6-4-5-14(13-15)17-8-9-18(29-17)20-19(16-7-2-3-10-23-16)24-22(30)25(20)11-12-26/h2-10,13,19-20,26H,11-12H2,1H3,(H,24,30)/t19-,20-/m0/s1. The normalized spacial score (nSPS) is 18.3. The van der Waals surface area contributed by atoms with Gasteiger partial charge in [0.2, 0.25) is 0 Å². The summed E-state index contributed by atoms with van der Waals surface area (Å²) in [6.45, 7) is 0.329. The van der Waals surface area contributed by atoms with Gasteiger partial charge in [0.1, 0.15) is 17.6 Å². The number of thiocarbonyl (C=S) groups is 1. The lowest BCUT2D eigenvalue weighted by Gasteiger charge is -2.25. The van der Waals surface area contributed by atoms with E-state index >= 15 is 0 Å². The number of ether oxygens (including phenoxy) is 1. The van der Waals surface area contributed by atoms with E-state index in [1.54, 1.807) is 24.4 Å². The molecule has 30 heavy (non-hydrogen) atoms. The molecule has 7 nitrogen and oxygen atoms in total. The summed E-state index contributed by atoms with van der Waals surface area (Å²) in [6.07, 6.45) is 1.73. The van der Waals surface area contributed by atoms with Crippen molar-refractivity contribution in [3.05, 3.63) is 77.8 Å². The second-order valence-corrected chi connectivity index (χ2v) is 7.20. The fraction of sp³-hybridized carbons (Fsp3) is 0.227. The van der Waals surface area contributed by atoms with Crippen LogP contribution in [0.2, 0.25) is 0 Å². The van der Waals surface area contributed by atoms with Gasteiger partial charge in [-0.3, -0.25) is 4.98 Å². The topological polar surface area (TPSA) is 87.8 Å². The van der Waals surface area contributed by atoms with Gasteiger partial charge in [-0.25, -0.2) is 4.79 Å². The summed E-state index contributed by atoms with van der Waals surface area (Å²) in [5.74, 6) is 0.903. The lowest BCUT2D eigenvalue weighted by molar-refractivity contribution is 0.0601. The van der Waals surface area contributed by atoms with E-state index in [2.05, 4.69) is 10.3 Å². The molecule has 0 amide bonds. The Balaban J connectivity index is 1.70. The van der Waals surface area contributed by atoms with Crippen LogP contribution in [0.5, 0.6) is 0 Å². The maximum absolute atomic E-state index is 11.8. The van der Waals surface area contributed by atoms with Gasteiger partial charge in [-0.2, -0.15) is 0 Å². The van der Waals surface area contributed by atoms with Gasteiger partial charge in [-0.1, -0.05) is 18.2 Å². The highest BCUT2D eigenvalue weighted by molar-refractivity contribution is 7.80. The molecule has 1 aliphatic rings. The van der Waals surface area contributed by atoms with Crippen molar-refractivity contribution in [3.8, 4) is 11.3 Å². The molecule has 4 rings (SSSR count). The second-order valence-electron chi connectivity index (χ2n) is 6.82. The third kappa shape index (κ3) is 3.79. The summed E-state index contributed by atoms with van der Waals surface area (Å²) in [5.41, 5.74) is 2.04. The number of aromatic nitrogens is 1. The molecule has 0 bridgehead atoms. The van der Waals surface area contributed by atoms with Crippen molar-refractivity contribution >= 4 is 23.3 Å². The number of hydrogen-bond acceptors (Lipinski definition) is 6. The first-order chi connectivity index (χ1) is 14.6. The van der Waals surface area contributed by atoms with Crippen LogP contribution in [0.3, 0.4) is 0 Å². The lowest BCUT2D eigenvalue weighted by Crippen LogP contribution is -2.32. The molecular weight excluding hydrogens is 402 g/mol. The number of nitrogens with one attached hydrogen (secondary N) is 1. The van der Waals surface area contributed by atoms with Crippen LogP contribution in [0.15, 0.2) is 65.2 Å². The number of methoxy groups -OCH3 is 1. The predicted octanol–water partition coefficient (Wildman–Crippen LogP) is 3.09. The monoisotopic (exact) mass is 423 g/mol. The number of carbonyl (C=O) groups excluding carboxylic acids is 1. The smallest absolute Gasteiger partial charge is 0.337 e. The highest BCUT2D eigenvalue weighted by Crippen LogP contribution is 2.40. The number of β-amino-alcohol motifs (C(OH)–C–C–N with tert-alkyl or cyclic N) is 1. The van der Waals surface area contributed by atoms with Crippen molar-refractivity contribution in [2.75, 3.05) is 20.3 Å². The molecule has 2 aromatic heterocycles. The van der Waals surface area contributed by atoms with E-state index in [0.29, 0.717) is 28.7 Å². The Morgan fingerprint density at radius 3 is 2.87 bits per heavy atom. The number of nitrogens with zero attached hydrogens (tertiary/aromatic N) is 2. The molecule has 3 heterocycles. The fourth-order valence-electron chi connectivity index (χ4n) is 3.65. The van der Waals surface area contributed by atoms with Gasteiger partial charge < -0.3 is 24.5 Å². The number of hydrogen-bond donors (Lipinski definition) is 2. The van der Waals surface area contributed by atoms with Crippen LogP contribution in [-0.4, -0.2) is 46.3 Å². The minimum Gasteiger partial charge on any atom is -0.465 e. The Morgan fingerprint density at radius 2 is 2.13 bits per heavy atom. The highest BCUT2D eigenvalue weighted by atomic mass is 32.1. The third-order valence-corrected chi connectivity index (χ3v) is 5.38. The van der Waals surface area contributed by atoms with Crippen LogP contribution in [0.1, 0.15) is 33.9 Å². The molecule has 1 fully saturated rings. The highest BCUT2D eigenvalue weighted by Gasteiger charge is 2.41. The van der Waals surface area contributed by atoms with Crippen LogP contribution in [0.4, 0.5) is 0 Å². The van der Waals surface area contributed by atoms with Crippen LogP contribution in [-0.2, 0) is 4.74 Å². The number of aliphatic hydroxyl groups is 1. The Kier molecular flexibility index (Phi) is 5.78. The molecule has 154 valence electrons. The Morgan fingerprint density at radius 1 is 1.27 bits per heavy atom. The third-order valence-electron chi connectivity index (χ3n) is 5.03. The van der Waals surface area contributed by atoms with Crippen molar-refractivity contribution < 1.29 is 19.1 Å². The summed E-state index contributed by atoms with van der Waals surface area (Å²) in [6, 6.07) is 16.1. The Hall–Kier alpha value is -3.23. The molecule has 2 N–H and O–H groups in total. The first-order valence-electron chi connectivity index (χ1n) is 9.50. The van der Waals surface area contributed by atoms with Crippen molar-refractivity contribution in [2.24, 2.45) is 0 Å². The summed E-state index contributed by atoms with van der Waals surface area (Å²) in [7, 11) is 1.35. The van der Waals surface area contributed by atoms with E-state index in [0.717, 1.165) is 11.3 Å². The van der Waals surface area contributed by atoms with Crippen LogP contribution in [0.25, 0.3) is 11.3 Å². The molecular formula is C22H21N3O4S. The predicted molar refractivity (Wildman–Crippen MR) is 115 cm³/mol. The quantitative estimate of drug-likeness (QED) is 0.462. The molecule has 1 aliphatic heterocycles. The molecule has 0 saturated carbocycles. The molecule has 3 aromatic rings. The van der Waals surface area contributed by atoms with Crippen LogP contribution < -0.4 is 5.32 Å². The van der Waals surface area contributed by atoms with E-state index in [1.807, 2.05) is 41.3 Å². The minimum absolute atomic E-state index is 0.0397. The SMILES string of the molecule is COC(=O)c1cccc(-c2ccc([C@H]3[C@H](c4ccccn4)NC(=S)N3CCO)o2)c1. The lowest BCUT2D eigenvalue weighted by atomic mass is 10.0. The summed E-state index contributed by atoms with van der Waals surface area (Å²) in [5, 5.41) is 13.4. The van der Waals surface area contributed by atoms with E-state index in [-0.39, 0.29) is 18.7 Å². The van der Waals surface area contributed by atoms with Crippen molar-refractivity contribution in [1.82, 2.24) is 15.2 Å². The van der Waals surface area contributed by atoms with Gasteiger partial charge in [-0.15, -0.1) is 0 Å². The number of esters is 1. The number of aliphatic hydroxyl groups excluding tert-OH is 1.